The van der Waals surface area contributed by atoms with Gasteiger partial charge in [-0.15, -0.1) is 0 Å². The third-order valence-electron chi connectivity index (χ3n) is 3.01. The second kappa shape index (κ2) is 7.17. The number of rotatable bonds is 6. The van der Waals surface area contributed by atoms with Gasteiger partial charge in [-0.25, -0.2) is 4.39 Å². The second-order valence-corrected chi connectivity index (χ2v) is 6.11. The van der Waals surface area contributed by atoms with Crippen LogP contribution in [0.1, 0.15) is 30.5 Å². The molecule has 0 spiro atoms. The number of hydrogen-bond acceptors (Lipinski definition) is 2. The Hall–Kier alpha value is -0.710. The van der Waals surface area contributed by atoms with Crippen molar-refractivity contribution in [3.05, 3.63) is 56.4 Å². The summed E-state index contributed by atoms with van der Waals surface area (Å²) in [7, 11) is 0. The highest BCUT2D eigenvalue weighted by Crippen LogP contribution is 2.29. The highest BCUT2D eigenvalue weighted by Gasteiger charge is 2.15. The molecule has 0 aliphatic carbocycles. The maximum absolute atomic E-state index is 12.9. The minimum Gasteiger partial charge on any atom is -0.310 e. The summed E-state index contributed by atoms with van der Waals surface area (Å²) in [5.41, 5.74) is 2.43. The van der Waals surface area contributed by atoms with E-state index < -0.39 is 0 Å². The van der Waals surface area contributed by atoms with E-state index in [9.17, 15) is 4.39 Å². The SMILES string of the molecule is CCCNC(Cc1ccc(F)cc1)c1cscc1Br. The quantitative estimate of drug-likeness (QED) is 0.785. The molecule has 2 aromatic rings. The topological polar surface area (TPSA) is 12.0 Å². The van der Waals surface area contributed by atoms with Crippen LogP contribution in [0.2, 0.25) is 0 Å². The average Bonchev–Trinajstić information content (AvgIpc) is 2.83. The minimum atomic E-state index is -0.182. The third-order valence-corrected chi connectivity index (χ3v) is 4.76. The van der Waals surface area contributed by atoms with Gasteiger partial charge in [0.2, 0.25) is 0 Å². The van der Waals surface area contributed by atoms with Gasteiger partial charge < -0.3 is 5.32 Å². The van der Waals surface area contributed by atoms with Crippen molar-refractivity contribution in [3.8, 4) is 0 Å². The molecule has 0 bridgehead atoms. The van der Waals surface area contributed by atoms with E-state index in [1.807, 2.05) is 12.1 Å². The molecule has 1 unspecified atom stereocenters. The van der Waals surface area contributed by atoms with Gasteiger partial charge in [0.1, 0.15) is 5.82 Å². The number of halogens is 2. The predicted molar refractivity (Wildman–Crippen MR) is 83.2 cm³/mol. The first kappa shape index (κ1) is 14.7. The summed E-state index contributed by atoms with van der Waals surface area (Å²) >= 11 is 5.29. The van der Waals surface area contributed by atoms with E-state index in [4.69, 9.17) is 0 Å². The monoisotopic (exact) mass is 341 g/mol. The smallest absolute Gasteiger partial charge is 0.123 e. The first-order valence-electron chi connectivity index (χ1n) is 6.40. The second-order valence-electron chi connectivity index (χ2n) is 4.51. The zero-order valence-electron chi connectivity index (χ0n) is 10.8. The maximum Gasteiger partial charge on any atom is 0.123 e. The summed E-state index contributed by atoms with van der Waals surface area (Å²) in [5, 5.41) is 7.82. The number of hydrogen-bond donors (Lipinski definition) is 1. The average molecular weight is 342 g/mol. The van der Waals surface area contributed by atoms with Gasteiger partial charge >= 0.3 is 0 Å². The predicted octanol–water partition coefficient (Wildman–Crippen LogP) is 4.93. The maximum atomic E-state index is 12.9. The van der Waals surface area contributed by atoms with Crippen LogP contribution in [0.15, 0.2) is 39.5 Å². The molecule has 2 rings (SSSR count). The molecule has 0 radical (unpaired) electrons. The molecular weight excluding hydrogens is 325 g/mol. The molecule has 19 heavy (non-hydrogen) atoms. The third kappa shape index (κ3) is 4.13. The van der Waals surface area contributed by atoms with Crippen LogP contribution in [-0.4, -0.2) is 6.54 Å². The molecule has 4 heteroatoms. The Morgan fingerprint density at radius 1 is 1.26 bits per heavy atom. The van der Waals surface area contributed by atoms with Crippen molar-refractivity contribution in [1.82, 2.24) is 5.32 Å². The van der Waals surface area contributed by atoms with Crippen molar-refractivity contribution < 1.29 is 4.39 Å². The van der Waals surface area contributed by atoms with E-state index in [2.05, 4.69) is 38.9 Å². The highest BCUT2D eigenvalue weighted by atomic mass is 79.9. The molecule has 1 nitrogen and oxygen atoms in total. The summed E-state index contributed by atoms with van der Waals surface area (Å²) in [6, 6.07) is 7.03. The molecule has 0 fully saturated rings. The van der Waals surface area contributed by atoms with Crippen LogP contribution < -0.4 is 5.32 Å². The van der Waals surface area contributed by atoms with Crippen LogP contribution in [0.3, 0.4) is 0 Å². The normalized spacial score (nSPS) is 12.6. The van der Waals surface area contributed by atoms with E-state index >= 15 is 0 Å². The molecule has 1 heterocycles. The lowest BCUT2D eigenvalue weighted by Crippen LogP contribution is -2.24. The lowest BCUT2D eigenvalue weighted by molar-refractivity contribution is 0.528. The fourth-order valence-electron chi connectivity index (χ4n) is 2.01. The van der Waals surface area contributed by atoms with Gasteiger partial charge in [0, 0.05) is 15.9 Å². The van der Waals surface area contributed by atoms with Crippen molar-refractivity contribution in [1.29, 1.82) is 0 Å². The van der Waals surface area contributed by atoms with Crippen molar-refractivity contribution in [2.75, 3.05) is 6.54 Å². The van der Waals surface area contributed by atoms with Crippen LogP contribution in [0.5, 0.6) is 0 Å². The molecule has 1 aromatic carbocycles. The van der Waals surface area contributed by atoms with Gasteiger partial charge in [0.25, 0.3) is 0 Å². The van der Waals surface area contributed by atoms with Crippen LogP contribution in [-0.2, 0) is 6.42 Å². The van der Waals surface area contributed by atoms with E-state index in [1.54, 1.807) is 11.3 Å². The first-order chi connectivity index (χ1) is 9.20. The van der Waals surface area contributed by atoms with Crippen LogP contribution in [0.4, 0.5) is 4.39 Å². The van der Waals surface area contributed by atoms with E-state index in [-0.39, 0.29) is 11.9 Å². The Bertz CT molecular complexity index is 509. The molecular formula is C15H17BrFNS. The van der Waals surface area contributed by atoms with E-state index in [1.165, 1.54) is 17.7 Å². The Morgan fingerprint density at radius 3 is 2.58 bits per heavy atom. The summed E-state index contributed by atoms with van der Waals surface area (Å²) in [5.74, 6) is -0.182. The lowest BCUT2D eigenvalue weighted by Gasteiger charge is -2.18. The molecule has 1 aromatic heterocycles. The fourth-order valence-corrected chi connectivity index (χ4v) is 3.63. The van der Waals surface area contributed by atoms with Crippen LogP contribution in [0.25, 0.3) is 0 Å². The number of benzene rings is 1. The van der Waals surface area contributed by atoms with Gasteiger partial charge in [0.05, 0.1) is 0 Å². The Balaban J connectivity index is 2.14. The minimum absolute atomic E-state index is 0.182. The zero-order chi connectivity index (χ0) is 13.7. The van der Waals surface area contributed by atoms with E-state index in [0.717, 1.165) is 29.4 Å². The highest BCUT2D eigenvalue weighted by molar-refractivity contribution is 9.10. The van der Waals surface area contributed by atoms with Gasteiger partial charge in [-0.05, 0) is 64.0 Å². The van der Waals surface area contributed by atoms with Crippen molar-refractivity contribution in [3.63, 3.8) is 0 Å². The van der Waals surface area contributed by atoms with Gasteiger partial charge in [-0.2, -0.15) is 11.3 Å². The van der Waals surface area contributed by atoms with Gasteiger partial charge in [-0.3, -0.25) is 0 Å². The van der Waals surface area contributed by atoms with E-state index in [0.29, 0.717) is 0 Å². The molecule has 0 aliphatic heterocycles. The zero-order valence-corrected chi connectivity index (χ0v) is 13.2. The summed E-state index contributed by atoms with van der Waals surface area (Å²) in [4.78, 5) is 0. The molecule has 102 valence electrons. The lowest BCUT2D eigenvalue weighted by atomic mass is 10.0. The fraction of sp³-hybridized carbons (Fsp3) is 0.333. The molecule has 0 saturated heterocycles. The molecule has 1 atom stereocenters. The van der Waals surface area contributed by atoms with Crippen molar-refractivity contribution in [2.45, 2.75) is 25.8 Å². The molecule has 0 aliphatic rings. The Kier molecular flexibility index (Phi) is 5.55. The van der Waals surface area contributed by atoms with Crippen molar-refractivity contribution >= 4 is 27.3 Å². The summed E-state index contributed by atoms with van der Waals surface area (Å²) < 4.78 is 14.1. The molecule has 0 amide bonds. The Morgan fingerprint density at radius 2 is 2.00 bits per heavy atom. The van der Waals surface area contributed by atoms with Crippen LogP contribution >= 0.6 is 27.3 Å². The summed E-state index contributed by atoms with van der Waals surface area (Å²) in [6.07, 6.45) is 1.97. The van der Waals surface area contributed by atoms with Gasteiger partial charge in [-0.1, -0.05) is 19.1 Å². The number of nitrogens with one attached hydrogen (secondary N) is 1. The molecule has 0 saturated carbocycles. The number of thiophene rings is 1. The Labute approximate surface area is 126 Å². The van der Waals surface area contributed by atoms with Gasteiger partial charge in [0.15, 0.2) is 0 Å². The van der Waals surface area contributed by atoms with Crippen LogP contribution in [0, 0.1) is 5.82 Å². The summed E-state index contributed by atoms with van der Waals surface area (Å²) in [6.45, 7) is 3.14. The molecule has 1 N–H and O–H groups in total. The largest absolute Gasteiger partial charge is 0.310 e. The standard InChI is InChI=1S/C15H17BrFNS/c1-2-7-18-15(13-9-19-10-14(13)16)8-11-3-5-12(17)6-4-11/h3-6,9-10,15,18H,2,7-8H2,1H3. The first-order valence-corrected chi connectivity index (χ1v) is 8.13. The van der Waals surface area contributed by atoms with Crippen molar-refractivity contribution in [2.24, 2.45) is 0 Å².